The molecule has 0 aliphatic rings. The molecule has 0 saturated carbocycles. The highest BCUT2D eigenvalue weighted by molar-refractivity contribution is 6.12. The highest BCUT2D eigenvalue weighted by Crippen LogP contribution is 2.30. The van der Waals surface area contributed by atoms with E-state index in [9.17, 15) is 10.1 Å². The van der Waals surface area contributed by atoms with E-state index in [4.69, 9.17) is 9.47 Å². The van der Waals surface area contributed by atoms with Crippen molar-refractivity contribution in [2.45, 2.75) is 6.61 Å². The molecule has 6 nitrogen and oxygen atoms in total. The van der Waals surface area contributed by atoms with Crippen LogP contribution in [0.4, 0.5) is 5.69 Å². The van der Waals surface area contributed by atoms with Gasteiger partial charge >= 0.3 is 0 Å². The predicted octanol–water partition coefficient (Wildman–Crippen LogP) is 5.37. The number of nitrogens with zero attached hydrogens (tertiary/aromatic N) is 2. The maximum absolute atomic E-state index is 12.8. The van der Waals surface area contributed by atoms with Crippen LogP contribution in [-0.2, 0) is 11.4 Å². The third-order valence-electron chi connectivity index (χ3n) is 4.99. The number of pyridine rings is 1. The molecule has 162 valence electrons. The summed E-state index contributed by atoms with van der Waals surface area (Å²) in [6.07, 6.45) is 3.21. The van der Waals surface area contributed by atoms with Gasteiger partial charge in [0.15, 0.2) is 11.5 Å². The van der Waals surface area contributed by atoms with Crippen LogP contribution in [0.1, 0.15) is 11.1 Å². The molecule has 0 fully saturated rings. The first-order valence-corrected chi connectivity index (χ1v) is 10.3. The van der Waals surface area contributed by atoms with Gasteiger partial charge < -0.3 is 14.8 Å². The van der Waals surface area contributed by atoms with Crippen molar-refractivity contribution in [2.24, 2.45) is 0 Å². The Morgan fingerprint density at radius 1 is 1.03 bits per heavy atom. The Morgan fingerprint density at radius 3 is 2.67 bits per heavy atom. The zero-order valence-corrected chi connectivity index (χ0v) is 18.0. The van der Waals surface area contributed by atoms with E-state index in [-0.39, 0.29) is 5.57 Å². The van der Waals surface area contributed by atoms with E-state index in [0.29, 0.717) is 29.4 Å². The van der Waals surface area contributed by atoms with Crippen LogP contribution in [0.25, 0.3) is 17.0 Å². The fraction of sp³-hybridized carbons (Fsp3) is 0.0741. The minimum absolute atomic E-state index is 0.0323. The summed E-state index contributed by atoms with van der Waals surface area (Å²) in [7, 11) is 1.56. The second-order valence-electron chi connectivity index (χ2n) is 7.18. The first-order chi connectivity index (χ1) is 16.2. The van der Waals surface area contributed by atoms with Crippen molar-refractivity contribution in [3.8, 4) is 17.6 Å². The number of fused-ring (bicyclic) bond motifs is 1. The van der Waals surface area contributed by atoms with Crippen LogP contribution in [0.2, 0.25) is 0 Å². The molecule has 0 saturated heterocycles. The van der Waals surface area contributed by atoms with Gasteiger partial charge in [-0.1, -0.05) is 42.5 Å². The number of methoxy groups -OCH3 is 1. The maximum Gasteiger partial charge on any atom is 0.266 e. The van der Waals surface area contributed by atoms with Gasteiger partial charge in [0, 0.05) is 11.6 Å². The standard InChI is InChI=1S/C27H21N3O3/c1-32-25-13-12-20(16-26(25)33-18-19-7-3-2-4-8-19)15-21(17-28)27(31)30-24-11-5-10-23-22(24)9-6-14-29-23/h2-16H,18H2,1H3,(H,30,31)/b21-15+. The van der Waals surface area contributed by atoms with Crippen LogP contribution in [0.5, 0.6) is 11.5 Å². The van der Waals surface area contributed by atoms with Crippen molar-refractivity contribution in [1.82, 2.24) is 4.98 Å². The molecule has 1 aromatic heterocycles. The van der Waals surface area contributed by atoms with E-state index < -0.39 is 5.91 Å². The van der Waals surface area contributed by atoms with Crippen LogP contribution < -0.4 is 14.8 Å². The Kier molecular flexibility index (Phi) is 6.62. The smallest absolute Gasteiger partial charge is 0.266 e. The summed E-state index contributed by atoms with van der Waals surface area (Å²) in [5, 5.41) is 13.2. The van der Waals surface area contributed by atoms with Crippen molar-refractivity contribution >= 4 is 28.6 Å². The number of anilines is 1. The number of carbonyl (C=O) groups excluding carboxylic acids is 1. The molecule has 1 heterocycles. The lowest BCUT2D eigenvalue weighted by molar-refractivity contribution is -0.112. The SMILES string of the molecule is COc1ccc(/C=C(\C#N)C(=O)Nc2cccc3ncccc23)cc1OCc1ccccc1. The monoisotopic (exact) mass is 435 g/mol. The highest BCUT2D eigenvalue weighted by Gasteiger charge is 2.13. The van der Waals surface area contributed by atoms with E-state index in [1.807, 2.05) is 48.5 Å². The van der Waals surface area contributed by atoms with Gasteiger partial charge in [0.1, 0.15) is 18.2 Å². The van der Waals surface area contributed by atoms with E-state index in [1.165, 1.54) is 6.08 Å². The number of carbonyl (C=O) groups is 1. The molecule has 0 atom stereocenters. The second-order valence-corrected chi connectivity index (χ2v) is 7.18. The molecule has 1 N–H and O–H groups in total. The van der Waals surface area contributed by atoms with Crippen molar-refractivity contribution in [3.63, 3.8) is 0 Å². The maximum atomic E-state index is 12.8. The van der Waals surface area contributed by atoms with Crippen LogP contribution in [0.15, 0.2) is 90.6 Å². The summed E-state index contributed by atoms with van der Waals surface area (Å²) >= 11 is 0. The third-order valence-corrected chi connectivity index (χ3v) is 4.99. The van der Waals surface area contributed by atoms with Crippen LogP contribution in [-0.4, -0.2) is 18.0 Å². The lowest BCUT2D eigenvalue weighted by Crippen LogP contribution is -2.13. The summed E-state index contributed by atoms with van der Waals surface area (Å²) in [6, 6.07) is 26.1. The van der Waals surface area contributed by atoms with Crippen LogP contribution in [0, 0.1) is 11.3 Å². The van der Waals surface area contributed by atoms with Gasteiger partial charge in [0.2, 0.25) is 0 Å². The molecule has 3 aromatic carbocycles. The van der Waals surface area contributed by atoms with Crippen molar-refractivity contribution in [1.29, 1.82) is 5.26 Å². The topological polar surface area (TPSA) is 84.2 Å². The molecular formula is C27H21N3O3. The first kappa shape index (κ1) is 21.6. The van der Waals surface area contributed by atoms with Crippen LogP contribution >= 0.6 is 0 Å². The summed E-state index contributed by atoms with van der Waals surface area (Å²) in [6.45, 7) is 0.366. The Hall–Kier alpha value is -4.63. The average Bonchev–Trinajstić information content (AvgIpc) is 2.87. The summed E-state index contributed by atoms with van der Waals surface area (Å²) in [4.78, 5) is 17.1. The number of hydrogen-bond acceptors (Lipinski definition) is 5. The van der Waals surface area contributed by atoms with E-state index >= 15 is 0 Å². The largest absolute Gasteiger partial charge is 0.493 e. The minimum Gasteiger partial charge on any atom is -0.493 e. The summed E-state index contributed by atoms with van der Waals surface area (Å²) in [5.41, 5.74) is 2.98. The molecule has 0 aliphatic heterocycles. The third kappa shape index (κ3) is 5.17. The zero-order valence-electron chi connectivity index (χ0n) is 18.0. The molecule has 0 unspecified atom stereocenters. The molecule has 1 amide bonds. The number of aromatic nitrogens is 1. The predicted molar refractivity (Wildman–Crippen MR) is 128 cm³/mol. The molecule has 4 aromatic rings. The summed E-state index contributed by atoms with van der Waals surface area (Å²) < 4.78 is 11.3. The van der Waals surface area contributed by atoms with Gasteiger partial charge in [0.25, 0.3) is 5.91 Å². The molecular weight excluding hydrogens is 414 g/mol. The Bertz CT molecular complexity index is 1350. The fourth-order valence-electron chi connectivity index (χ4n) is 3.35. The molecule has 0 spiro atoms. The van der Waals surface area contributed by atoms with E-state index in [0.717, 1.165) is 16.5 Å². The highest BCUT2D eigenvalue weighted by atomic mass is 16.5. The number of rotatable bonds is 7. The second kappa shape index (κ2) is 10.1. The molecule has 33 heavy (non-hydrogen) atoms. The number of nitrogens with one attached hydrogen (secondary N) is 1. The molecule has 0 bridgehead atoms. The van der Waals surface area contributed by atoms with Gasteiger partial charge in [-0.3, -0.25) is 9.78 Å². The number of nitriles is 1. The lowest BCUT2D eigenvalue weighted by atomic mass is 10.1. The van der Waals surface area contributed by atoms with Gasteiger partial charge in [-0.25, -0.2) is 0 Å². The number of benzene rings is 3. The molecule has 6 heteroatoms. The number of ether oxygens (including phenoxy) is 2. The van der Waals surface area contributed by atoms with Crippen molar-refractivity contribution in [2.75, 3.05) is 12.4 Å². The molecule has 0 radical (unpaired) electrons. The van der Waals surface area contributed by atoms with Crippen LogP contribution in [0.3, 0.4) is 0 Å². The first-order valence-electron chi connectivity index (χ1n) is 10.3. The number of hydrogen-bond donors (Lipinski definition) is 1. The van der Waals surface area contributed by atoms with E-state index in [2.05, 4.69) is 10.3 Å². The van der Waals surface area contributed by atoms with Gasteiger partial charge in [-0.15, -0.1) is 0 Å². The normalized spacial score (nSPS) is 11.0. The average molecular weight is 435 g/mol. The van der Waals surface area contributed by atoms with Crippen molar-refractivity contribution < 1.29 is 14.3 Å². The Balaban J connectivity index is 1.57. The lowest BCUT2D eigenvalue weighted by Gasteiger charge is -2.12. The number of amides is 1. The van der Waals surface area contributed by atoms with Gasteiger partial charge in [-0.2, -0.15) is 5.26 Å². The molecule has 4 rings (SSSR count). The Labute approximate surface area is 191 Å². The van der Waals surface area contributed by atoms with Crippen molar-refractivity contribution in [3.05, 3.63) is 102 Å². The van der Waals surface area contributed by atoms with Gasteiger partial charge in [0.05, 0.1) is 18.3 Å². The fourth-order valence-corrected chi connectivity index (χ4v) is 3.35. The minimum atomic E-state index is -0.503. The van der Waals surface area contributed by atoms with E-state index in [1.54, 1.807) is 49.7 Å². The summed E-state index contributed by atoms with van der Waals surface area (Å²) in [5.74, 6) is 0.582. The quantitative estimate of drug-likeness (QED) is 0.312. The molecule has 0 aliphatic carbocycles. The Morgan fingerprint density at radius 2 is 1.88 bits per heavy atom. The van der Waals surface area contributed by atoms with Gasteiger partial charge in [-0.05, 0) is 53.6 Å². The zero-order chi connectivity index (χ0) is 23.0.